The van der Waals surface area contributed by atoms with Crippen LogP contribution < -0.4 is 20.6 Å². The number of hydrogen-bond donors (Lipinski definition) is 2. The van der Waals surface area contributed by atoms with Crippen LogP contribution in [0.25, 0.3) is 5.82 Å². The second kappa shape index (κ2) is 8.37. The lowest BCUT2D eigenvalue weighted by molar-refractivity contribution is 0.0948. The smallest absolute Gasteiger partial charge is 0.293 e. The Bertz CT molecular complexity index is 1040. The molecule has 2 heterocycles. The number of nitrogens with one attached hydrogen (secondary N) is 1. The van der Waals surface area contributed by atoms with Crippen LogP contribution in [0, 0.1) is 0 Å². The van der Waals surface area contributed by atoms with Crippen LogP contribution >= 0.6 is 0 Å². The third-order valence-corrected chi connectivity index (χ3v) is 3.97. The van der Waals surface area contributed by atoms with Crippen LogP contribution in [0.15, 0.2) is 27.9 Å². The first-order valence-corrected chi connectivity index (χ1v) is 8.55. The highest BCUT2D eigenvalue weighted by Crippen LogP contribution is 2.23. The first kappa shape index (κ1) is 19.8. The maximum absolute atomic E-state index is 12.6. The van der Waals surface area contributed by atoms with Gasteiger partial charge in [0.1, 0.15) is 11.5 Å². The van der Waals surface area contributed by atoms with Crippen molar-refractivity contribution in [2.24, 2.45) is 5.10 Å². The fourth-order valence-electron chi connectivity index (χ4n) is 2.62. The molecule has 12 nitrogen and oxygen atoms in total. The Balaban J connectivity index is 1.84. The Labute approximate surface area is 165 Å². The summed E-state index contributed by atoms with van der Waals surface area (Å²) in [5.74, 6) is 0.725. The van der Waals surface area contributed by atoms with Crippen molar-refractivity contribution < 1.29 is 18.9 Å². The first-order chi connectivity index (χ1) is 14.0. The molecule has 3 N–H and O–H groups in total. The monoisotopic (exact) mass is 400 g/mol. The lowest BCUT2D eigenvalue weighted by atomic mass is 10.1. The molecule has 1 amide bonds. The van der Waals surface area contributed by atoms with E-state index in [-0.39, 0.29) is 23.2 Å². The van der Waals surface area contributed by atoms with Crippen molar-refractivity contribution in [3.63, 3.8) is 0 Å². The Morgan fingerprint density at radius 1 is 1.31 bits per heavy atom. The van der Waals surface area contributed by atoms with Gasteiger partial charge in [-0.3, -0.25) is 4.79 Å². The Hall–Kier alpha value is -3.96. The molecule has 0 saturated heterocycles. The van der Waals surface area contributed by atoms with Gasteiger partial charge in [-0.15, -0.1) is 5.10 Å². The van der Waals surface area contributed by atoms with Gasteiger partial charge in [0, 0.05) is 5.56 Å². The molecule has 152 valence electrons. The number of hydrazone groups is 1. The number of ether oxygens (including phenoxy) is 2. The standard InChI is InChI=1S/C17H20N8O4/c1-9(2)14-13(20-24-25(14)16-15(18)22-29-23-16)17(26)21-19-8-10-7-11(27-3)5-6-12(10)28-4/h5-9H,1-4H3,(H2,18,22)(H,21,26). The predicted octanol–water partition coefficient (Wildman–Crippen LogP) is 1.14. The van der Waals surface area contributed by atoms with E-state index in [9.17, 15) is 4.79 Å². The van der Waals surface area contributed by atoms with E-state index in [0.29, 0.717) is 22.8 Å². The van der Waals surface area contributed by atoms with Gasteiger partial charge in [-0.25, -0.2) is 10.1 Å². The van der Waals surface area contributed by atoms with E-state index in [2.05, 4.69) is 35.8 Å². The topological polar surface area (TPSA) is 156 Å². The van der Waals surface area contributed by atoms with Crippen molar-refractivity contribution >= 4 is 17.9 Å². The maximum atomic E-state index is 12.6. The van der Waals surface area contributed by atoms with Gasteiger partial charge in [0.05, 0.1) is 26.1 Å². The summed E-state index contributed by atoms with van der Waals surface area (Å²) in [6.07, 6.45) is 1.44. The van der Waals surface area contributed by atoms with Crippen LogP contribution in [0.1, 0.15) is 41.5 Å². The summed E-state index contributed by atoms with van der Waals surface area (Å²) in [5, 5.41) is 19.1. The van der Waals surface area contributed by atoms with Crippen LogP contribution in [0.5, 0.6) is 11.5 Å². The van der Waals surface area contributed by atoms with E-state index in [4.69, 9.17) is 15.2 Å². The highest BCUT2D eigenvalue weighted by atomic mass is 16.6. The summed E-state index contributed by atoms with van der Waals surface area (Å²) in [4.78, 5) is 12.6. The molecule has 0 spiro atoms. The highest BCUT2D eigenvalue weighted by molar-refractivity contribution is 5.94. The lowest BCUT2D eigenvalue weighted by Crippen LogP contribution is -2.21. The number of anilines is 1. The molecule has 1 aromatic carbocycles. The van der Waals surface area contributed by atoms with Gasteiger partial charge in [-0.2, -0.15) is 9.78 Å². The molecule has 12 heteroatoms. The molecule has 0 aliphatic rings. The number of aromatic nitrogens is 5. The van der Waals surface area contributed by atoms with Crippen LogP contribution in [0.4, 0.5) is 5.82 Å². The SMILES string of the molecule is COc1ccc(OC)c(C=NNC(=O)c2nnn(-c3nonc3N)c2C(C)C)c1. The van der Waals surface area contributed by atoms with Gasteiger partial charge < -0.3 is 15.2 Å². The summed E-state index contributed by atoms with van der Waals surface area (Å²) >= 11 is 0. The number of methoxy groups -OCH3 is 2. The average Bonchev–Trinajstić information content (AvgIpc) is 3.33. The molecule has 2 aromatic heterocycles. The Kier molecular flexibility index (Phi) is 5.71. The zero-order valence-electron chi connectivity index (χ0n) is 16.3. The summed E-state index contributed by atoms with van der Waals surface area (Å²) in [6, 6.07) is 5.22. The number of nitrogens with zero attached hydrogens (tertiary/aromatic N) is 6. The van der Waals surface area contributed by atoms with Gasteiger partial charge in [0.15, 0.2) is 5.69 Å². The Morgan fingerprint density at radius 2 is 2.10 bits per heavy atom. The van der Waals surface area contributed by atoms with E-state index < -0.39 is 5.91 Å². The molecule has 0 unspecified atom stereocenters. The van der Waals surface area contributed by atoms with E-state index in [1.807, 2.05) is 13.8 Å². The molecular formula is C17H20N8O4. The maximum Gasteiger partial charge on any atom is 0.293 e. The molecule has 0 radical (unpaired) electrons. The zero-order chi connectivity index (χ0) is 21.0. The number of hydrogen-bond acceptors (Lipinski definition) is 10. The van der Waals surface area contributed by atoms with Gasteiger partial charge >= 0.3 is 0 Å². The average molecular weight is 400 g/mol. The molecule has 0 fully saturated rings. The normalized spacial score (nSPS) is 11.2. The summed E-state index contributed by atoms with van der Waals surface area (Å²) < 4.78 is 16.4. The summed E-state index contributed by atoms with van der Waals surface area (Å²) in [5.41, 5.74) is 9.34. The van der Waals surface area contributed by atoms with E-state index >= 15 is 0 Å². The molecule has 0 bridgehead atoms. The molecular weight excluding hydrogens is 380 g/mol. The zero-order valence-corrected chi connectivity index (χ0v) is 16.3. The number of nitrogen functional groups attached to an aromatic ring is 1. The second-order valence-electron chi connectivity index (χ2n) is 6.17. The third kappa shape index (κ3) is 4.00. The van der Waals surface area contributed by atoms with Crippen LogP contribution in [0.2, 0.25) is 0 Å². The second-order valence-corrected chi connectivity index (χ2v) is 6.17. The van der Waals surface area contributed by atoms with Crippen LogP contribution in [-0.4, -0.2) is 51.6 Å². The number of amides is 1. The number of carbonyl (C=O) groups excluding carboxylic acids is 1. The molecule has 0 saturated carbocycles. The molecule has 0 aliphatic carbocycles. The van der Waals surface area contributed by atoms with Crippen molar-refractivity contribution in [1.82, 2.24) is 30.7 Å². The number of rotatable bonds is 7. The van der Waals surface area contributed by atoms with Crippen LogP contribution in [0.3, 0.4) is 0 Å². The molecule has 0 atom stereocenters. The fraction of sp³-hybridized carbons (Fsp3) is 0.294. The van der Waals surface area contributed by atoms with Crippen molar-refractivity contribution in [3.8, 4) is 17.3 Å². The summed E-state index contributed by atoms with van der Waals surface area (Å²) in [7, 11) is 3.09. The van der Waals surface area contributed by atoms with Crippen molar-refractivity contribution in [2.45, 2.75) is 19.8 Å². The number of carbonyl (C=O) groups is 1. The van der Waals surface area contributed by atoms with Crippen LogP contribution in [-0.2, 0) is 0 Å². The van der Waals surface area contributed by atoms with E-state index in [0.717, 1.165) is 0 Å². The molecule has 29 heavy (non-hydrogen) atoms. The largest absolute Gasteiger partial charge is 0.497 e. The minimum atomic E-state index is -0.548. The minimum Gasteiger partial charge on any atom is -0.497 e. The van der Waals surface area contributed by atoms with Crippen molar-refractivity contribution in [3.05, 3.63) is 35.2 Å². The number of nitrogens with two attached hydrogens (primary N) is 1. The van der Waals surface area contributed by atoms with Gasteiger partial charge in [0.25, 0.3) is 5.91 Å². The van der Waals surface area contributed by atoms with Gasteiger partial charge in [-0.1, -0.05) is 19.1 Å². The van der Waals surface area contributed by atoms with Gasteiger partial charge in [-0.05, 0) is 34.4 Å². The Morgan fingerprint density at radius 3 is 2.72 bits per heavy atom. The fourth-order valence-corrected chi connectivity index (χ4v) is 2.62. The van der Waals surface area contributed by atoms with E-state index in [1.54, 1.807) is 25.3 Å². The molecule has 0 aliphatic heterocycles. The minimum absolute atomic E-state index is 0.0342. The van der Waals surface area contributed by atoms with Gasteiger partial charge in [0.2, 0.25) is 11.6 Å². The first-order valence-electron chi connectivity index (χ1n) is 8.55. The molecule has 3 rings (SSSR count). The quantitative estimate of drug-likeness (QED) is 0.438. The van der Waals surface area contributed by atoms with Crippen molar-refractivity contribution in [2.75, 3.05) is 20.0 Å². The molecule has 3 aromatic rings. The summed E-state index contributed by atoms with van der Waals surface area (Å²) in [6.45, 7) is 3.75. The van der Waals surface area contributed by atoms with E-state index in [1.165, 1.54) is 18.0 Å². The highest BCUT2D eigenvalue weighted by Gasteiger charge is 2.25. The lowest BCUT2D eigenvalue weighted by Gasteiger charge is -2.08. The third-order valence-electron chi connectivity index (χ3n) is 3.97. The predicted molar refractivity (Wildman–Crippen MR) is 102 cm³/mol. The number of benzene rings is 1. The van der Waals surface area contributed by atoms with Crippen molar-refractivity contribution in [1.29, 1.82) is 0 Å².